The summed E-state index contributed by atoms with van der Waals surface area (Å²) in [5, 5.41) is 3.81. The average molecular weight is 426 g/mol. The molecule has 1 aromatic heterocycles. The molecule has 6 rings (SSSR count). The van der Waals surface area contributed by atoms with Crippen LogP contribution >= 0.6 is 11.3 Å². The Labute approximate surface area is 178 Å². The third-order valence-electron chi connectivity index (χ3n) is 6.92. The zero-order valence-electron chi connectivity index (χ0n) is 16.7. The van der Waals surface area contributed by atoms with Gasteiger partial charge in [-0.2, -0.15) is 0 Å². The fraction of sp³-hybridized carbons (Fsp3) is 0.500. The normalized spacial score (nSPS) is 32.4. The third-order valence-corrected chi connectivity index (χ3v) is 7.98. The molecule has 4 atom stereocenters. The van der Waals surface area contributed by atoms with Crippen molar-refractivity contribution < 1.29 is 19.1 Å². The summed E-state index contributed by atoms with van der Waals surface area (Å²) in [7, 11) is 1.62. The van der Waals surface area contributed by atoms with Crippen LogP contribution in [-0.2, 0) is 14.3 Å². The lowest BCUT2D eigenvalue weighted by Crippen LogP contribution is -2.46. The molecule has 7 nitrogen and oxygen atoms in total. The minimum Gasteiger partial charge on any atom is -0.497 e. The van der Waals surface area contributed by atoms with Crippen LogP contribution in [0.25, 0.3) is 10.2 Å². The van der Waals surface area contributed by atoms with E-state index in [2.05, 4.69) is 10.3 Å². The minimum absolute atomic E-state index is 0.0487. The second-order valence-corrected chi connectivity index (χ2v) is 9.65. The van der Waals surface area contributed by atoms with Gasteiger partial charge in [0.1, 0.15) is 11.4 Å². The van der Waals surface area contributed by atoms with Gasteiger partial charge in [-0.05, 0) is 25.0 Å². The van der Waals surface area contributed by atoms with Gasteiger partial charge in [0.25, 0.3) is 0 Å². The van der Waals surface area contributed by atoms with Crippen molar-refractivity contribution >= 4 is 38.5 Å². The van der Waals surface area contributed by atoms with Crippen molar-refractivity contribution in [2.75, 3.05) is 18.6 Å². The summed E-state index contributed by atoms with van der Waals surface area (Å²) in [6.45, 7) is 0.396. The van der Waals surface area contributed by atoms with Crippen molar-refractivity contribution in [1.29, 1.82) is 0 Å². The molecule has 1 N–H and O–H groups in total. The maximum absolute atomic E-state index is 13.5. The van der Waals surface area contributed by atoms with Crippen LogP contribution in [0.2, 0.25) is 0 Å². The number of fused-ring (bicyclic) bond motifs is 2. The highest BCUT2D eigenvalue weighted by Gasteiger charge is 2.67. The van der Waals surface area contributed by atoms with Gasteiger partial charge in [-0.3, -0.25) is 14.5 Å². The van der Waals surface area contributed by atoms with Crippen molar-refractivity contribution in [1.82, 2.24) is 10.3 Å². The second kappa shape index (κ2) is 6.52. The van der Waals surface area contributed by atoms with E-state index in [1.165, 1.54) is 11.3 Å². The highest BCUT2D eigenvalue weighted by Crippen LogP contribution is 2.53. The first kappa shape index (κ1) is 18.3. The lowest BCUT2D eigenvalue weighted by Gasteiger charge is -2.24. The lowest BCUT2D eigenvalue weighted by molar-refractivity contribution is -0.132. The lowest BCUT2D eigenvalue weighted by atomic mass is 9.76. The number of hydrogen-bond donors (Lipinski definition) is 1. The van der Waals surface area contributed by atoms with Crippen LogP contribution < -0.4 is 15.0 Å². The Balaban J connectivity index is 1.30. The van der Waals surface area contributed by atoms with Crippen molar-refractivity contribution in [3.63, 3.8) is 0 Å². The second-order valence-electron chi connectivity index (χ2n) is 8.64. The van der Waals surface area contributed by atoms with Crippen LogP contribution in [0.3, 0.4) is 0 Å². The summed E-state index contributed by atoms with van der Waals surface area (Å²) in [5.74, 6) is -0.346. The Kier molecular flexibility index (Phi) is 3.98. The van der Waals surface area contributed by atoms with E-state index < -0.39 is 17.4 Å². The quantitative estimate of drug-likeness (QED) is 0.762. The molecule has 0 unspecified atom stereocenters. The number of thiazole rings is 1. The number of rotatable bonds is 4. The van der Waals surface area contributed by atoms with Crippen molar-refractivity contribution in [2.24, 2.45) is 11.8 Å². The monoisotopic (exact) mass is 425 g/mol. The molecule has 1 aromatic carbocycles. The number of nitrogens with zero attached hydrogens (tertiary/aromatic N) is 2. The van der Waals surface area contributed by atoms with Crippen LogP contribution in [-0.4, -0.2) is 48.2 Å². The van der Waals surface area contributed by atoms with Crippen LogP contribution in [0, 0.1) is 11.8 Å². The van der Waals surface area contributed by atoms with Crippen molar-refractivity contribution in [3.05, 3.63) is 30.4 Å². The van der Waals surface area contributed by atoms with Gasteiger partial charge in [0, 0.05) is 12.1 Å². The first-order valence-corrected chi connectivity index (χ1v) is 11.3. The molecule has 2 aromatic rings. The third kappa shape index (κ3) is 2.56. The highest BCUT2D eigenvalue weighted by molar-refractivity contribution is 7.22. The number of hydrogen-bond acceptors (Lipinski definition) is 6. The maximum Gasteiger partial charge on any atom is 0.236 e. The number of amides is 2. The molecule has 1 saturated carbocycles. The molecule has 4 heterocycles. The molecule has 30 heavy (non-hydrogen) atoms. The smallest absolute Gasteiger partial charge is 0.236 e. The molecule has 8 heteroatoms. The zero-order chi connectivity index (χ0) is 20.5. The predicted molar refractivity (Wildman–Crippen MR) is 113 cm³/mol. The number of nitrogens with one attached hydrogen (secondary N) is 1. The van der Waals surface area contributed by atoms with Gasteiger partial charge in [-0.1, -0.05) is 36.3 Å². The summed E-state index contributed by atoms with van der Waals surface area (Å²) in [5.41, 5.74) is 0.0719. The number of methoxy groups -OCH3 is 1. The minimum atomic E-state index is -0.727. The van der Waals surface area contributed by atoms with E-state index in [-0.39, 0.29) is 24.0 Å². The summed E-state index contributed by atoms with van der Waals surface area (Å²) in [6, 6.07) is 5.94. The Morgan fingerprint density at radius 1 is 1.37 bits per heavy atom. The topological polar surface area (TPSA) is 80.8 Å². The molecule has 2 bridgehead atoms. The molecule has 156 valence electrons. The molecule has 1 aliphatic carbocycles. The standard InChI is InChI=1S/C22H23N3O4S/c1-28-13-6-7-16-14(10-13)24-21(30-16)25-11-22-9-8-15(29-22)17(18(22)20(25)27)19(26)23-12-4-2-3-5-12/h6-10,12,15,17-18H,2-5,11H2,1H3,(H,23,26)/t15-,17+,18-,22-/m1/s1. The van der Waals surface area contributed by atoms with Crippen LogP contribution in [0.4, 0.5) is 5.13 Å². The van der Waals surface area contributed by atoms with Crippen LogP contribution in [0.15, 0.2) is 30.4 Å². The Morgan fingerprint density at radius 3 is 3.00 bits per heavy atom. The predicted octanol–water partition coefficient (Wildman–Crippen LogP) is 2.65. The van der Waals surface area contributed by atoms with Crippen molar-refractivity contribution in [3.8, 4) is 5.75 Å². The van der Waals surface area contributed by atoms with Gasteiger partial charge in [-0.15, -0.1) is 0 Å². The molecule has 4 aliphatic rings. The molecule has 1 spiro atoms. The highest BCUT2D eigenvalue weighted by atomic mass is 32.1. The molecule has 3 fully saturated rings. The Bertz CT molecular complexity index is 1080. The first-order valence-electron chi connectivity index (χ1n) is 10.5. The molecule has 3 aliphatic heterocycles. The molecule has 0 radical (unpaired) electrons. The molecular formula is C22H23N3O4S. The zero-order valence-corrected chi connectivity index (χ0v) is 17.5. The van der Waals surface area contributed by atoms with E-state index in [0.717, 1.165) is 41.6 Å². The summed E-state index contributed by atoms with van der Waals surface area (Å²) in [4.78, 5) is 33.0. The van der Waals surface area contributed by atoms with Gasteiger partial charge in [0.2, 0.25) is 11.8 Å². The van der Waals surface area contributed by atoms with Gasteiger partial charge in [0.05, 0.1) is 41.8 Å². The summed E-state index contributed by atoms with van der Waals surface area (Å²) < 4.78 is 12.5. The van der Waals surface area contributed by atoms with Gasteiger partial charge in [-0.25, -0.2) is 4.98 Å². The van der Waals surface area contributed by atoms with Gasteiger partial charge < -0.3 is 14.8 Å². The fourth-order valence-corrected chi connectivity index (χ4v) is 6.42. The van der Waals surface area contributed by atoms with E-state index in [0.29, 0.717) is 11.7 Å². The summed E-state index contributed by atoms with van der Waals surface area (Å²) >= 11 is 1.47. The largest absolute Gasteiger partial charge is 0.497 e. The number of carbonyl (C=O) groups excluding carboxylic acids is 2. The molecular weight excluding hydrogens is 402 g/mol. The number of anilines is 1. The summed E-state index contributed by atoms with van der Waals surface area (Å²) in [6.07, 6.45) is 7.96. The van der Waals surface area contributed by atoms with Gasteiger partial charge in [0.15, 0.2) is 5.13 Å². The van der Waals surface area contributed by atoms with E-state index >= 15 is 0 Å². The Morgan fingerprint density at radius 2 is 2.20 bits per heavy atom. The van der Waals surface area contributed by atoms with Gasteiger partial charge >= 0.3 is 0 Å². The Hall–Kier alpha value is -2.45. The van der Waals surface area contributed by atoms with E-state index in [9.17, 15) is 9.59 Å². The number of aromatic nitrogens is 1. The molecule has 2 amide bonds. The molecule has 2 saturated heterocycles. The van der Waals surface area contributed by atoms with E-state index in [4.69, 9.17) is 9.47 Å². The van der Waals surface area contributed by atoms with E-state index in [1.807, 2.05) is 30.4 Å². The van der Waals surface area contributed by atoms with E-state index in [1.54, 1.807) is 12.0 Å². The number of ether oxygens (including phenoxy) is 2. The first-order chi connectivity index (χ1) is 14.6. The number of benzene rings is 1. The van der Waals surface area contributed by atoms with Crippen LogP contribution in [0.5, 0.6) is 5.75 Å². The van der Waals surface area contributed by atoms with Crippen LogP contribution in [0.1, 0.15) is 25.7 Å². The number of carbonyl (C=O) groups is 2. The average Bonchev–Trinajstić information content (AvgIpc) is 3.54. The maximum atomic E-state index is 13.5. The fourth-order valence-electron chi connectivity index (χ4n) is 5.46. The SMILES string of the molecule is COc1ccc2sc(N3C[C@@]45C=C[C@@H](O4)[C@H](C(=O)NC4CCCC4)[C@@H]5C3=O)nc2c1. The van der Waals surface area contributed by atoms with Crippen molar-refractivity contribution in [2.45, 2.75) is 43.4 Å².